The van der Waals surface area contributed by atoms with Crippen LogP contribution in [0.15, 0.2) is 12.2 Å². The molecule has 4 nitrogen and oxygen atoms in total. The summed E-state index contributed by atoms with van der Waals surface area (Å²) in [6.45, 7) is 1.99. The molecule has 1 rings (SSSR count). The molecule has 0 radical (unpaired) electrons. The molecule has 0 aromatic rings. The Hall–Kier alpha value is -0.620. The average Bonchev–Trinajstić information content (AvgIpc) is 2.88. The Morgan fingerprint density at radius 3 is 2.79 bits per heavy atom. The zero-order valence-corrected chi connectivity index (χ0v) is 12.8. The lowest BCUT2D eigenvalue weighted by Gasteiger charge is -2.07. The third kappa shape index (κ3) is 8.21. The Morgan fingerprint density at radius 2 is 2.11 bits per heavy atom. The van der Waals surface area contributed by atoms with Crippen molar-refractivity contribution in [1.29, 1.82) is 0 Å². The van der Waals surface area contributed by atoms with Gasteiger partial charge in [0.1, 0.15) is 13.2 Å². The molecule has 1 atom stereocenters. The fourth-order valence-electron chi connectivity index (χ4n) is 1.59. The zero-order valence-electron chi connectivity index (χ0n) is 11.1. The molecule has 1 aliphatic heterocycles. The van der Waals surface area contributed by atoms with Crippen LogP contribution in [0, 0.1) is 0 Å². The highest BCUT2D eigenvalue weighted by molar-refractivity contribution is 8.77. The maximum absolute atomic E-state index is 11.4. The number of ether oxygens (including phenoxy) is 2. The minimum absolute atomic E-state index is 0.115. The van der Waals surface area contributed by atoms with Crippen LogP contribution in [-0.4, -0.2) is 36.2 Å². The molecule has 1 fully saturated rings. The molecule has 0 spiro atoms. The van der Waals surface area contributed by atoms with Gasteiger partial charge in [0.2, 0.25) is 0 Å². The lowest BCUT2D eigenvalue weighted by molar-refractivity contribution is -0.149. The molecule has 108 valence electrons. The summed E-state index contributed by atoms with van der Waals surface area (Å²) in [7, 11) is 3.83. The number of carbonyl (C=O) groups excluding carboxylic acids is 2. The lowest BCUT2D eigenvalue weighted by atomic mass is 10.1. The van der Waals surface area contributed by atoms with E-state index in [4.69, 9.17) is 9.47 Å². The van der Waals surface area contributed by atoms with Gasteiger partial charge in [-0.15, -0.1) is 0 Å². The van der Waals surface area contributed by atoms with Gasteiger partial charge in [-0.1, -0.05) is 27.7 Å². The summed E-state index contributed by atoms with van der Waals surface area (Å²) in [5.41, 5.74) is 0. The fraction of sp³-hybridized carbons (Fsp3) is 0.692. The van der Waals surface area contributed by atoms with Crippen molar-refractivity contribution in [2.75, 3.05) is 19.0 Å². The number of rotatable bonds is 8. The number of hydrogen-bond donors (Lipinski definition) is 0. The molecule has 0 amide bonds. The quantitative estimate of drug-likeness (QED) is 0.297. The number of esters is 2. The normalized spacial score (nSPS) is 18.7. The largest absolute Gasteiger partial charge is 0.462 e. The molecule has 1 heterocycles. The molecule has 6 heteroatoms. The van der Waals surface area contributed by atoms with Crippen LogP contribution in [0.3, 0.4) is 0 Å². The molecule has 1 unspecified atom stereocenters. The van der Waals surface area contributed by atoms with E-state index < -0.39 is 5.97 Å². The van der Waals surface area contributed by atoms with Gasteiger partial charge in [-0.2, -0.15) is 0 Å². The van der Waals surface area contributed by atoms with Crippen LogP contribution in [0.4, 0.5) is 0 Å². The van der Waals surface area contributed by atoms with Gasteiger partial charge < -0.3 is 9.47 Å². The first-order valence-electron chi connectivity index (χ1n) is 6.45. The fourth-order valence-corrected chi connectivity index (χ4v) is 4.62. The van der Waals surface area contributed by atoms with E-state index in [0.717, 1.165) is 12.8 Å². The summed E-state index contributed by atoms with van der Waals surface area (Å²) in [5.74, 6) is 0.601. The minimum Gasteiger partial charge on any atom is -0.462 e. The molecule has 0 aromatic heterocycles. The van der Waals surface area contributed by atoms with Crippen LogP contribution in [-0.2, 0) is 19.1 Å². The van der Waals surface area contributed by atoms with E-state index in [1.54, 1.807) is 13.0 Å². The summed E-state index contributed by atoms with van der Waals surface area (Å²) < 4.78 is 9.79. The van der Waals surface area contributed by atoms with E-state index >= 15 is 0 Å². The molecular weight excluding hydrogens is 284 g/mol. The zero-order chi connectivity index (χ0) is 13.9. The maximum atomic E-state index is 11.4. The van der Waals surface area contributed by atoms with Crippen LogP contribution in [0.25, 0.3) is 0 Å². The Bertz CT molecular complexity index is 312. The van der Waals surface area contributed by atoms with Crippen molar-refractivity contribution in [2.24, 2.45) is 0 Å². The smallest absolute Gasteiger partial charge is 0.330 e. The highest BCUT2D eigenvalue weighted by atomic mass is 33.1. The first-order chi connectivity index (χ1) is 9.22. The summed E-state index contributed by atoms with van der Waals surface area (Å²) in [4.78, 5) is 22.4. The Kier molecular flexibility index (Phi) is 8.82. The predicted octanol–water partition coefficient (Wildman–Crippen LogP) is 2.97. The third-order valence-corrected chi connectivity index (χ3v) is 5.53. The topological polar surface area (TPSA) is 52.6 Å². The second-order valence-electron chi connectivity index (χ2n) is 4.11. The van der Waals surface area contributed by atoms with Crippen LogP contribution in [0.5, 0.6) is 0 Å². The van der Waals surface area contributed by atoms with Crippen molar-refractivity contribution in [3.05, 3.63) is 12.2 Å². The average molecular weight is 304 g/mol. The third-order valence-electron chi connectivity index (χ3n) is 2.53. The standard InChI is InChI=1S/C13H20O4S2/c1-2-4-12(14)16-8-9-17-13(15)6-3-5-11-7-10-18-19-11/h2,4,11H,3,5-10H2,1H3/b4-2-. The van der Waals surface area contributed by atoms with Crippen molar-refractivity contribution in [3.63, 3.8) is 0 Å². The molecule has 0 aromatic carbocycles. The Morgan fingerprint density at radius 1 is 1.32 bits per heavy atom. The summed E-state index contributed by atoms with van der Waals surface area (Å²) in [6.07, 6.45) is 6.57. The molecule has 1 saturated heterocycles. The minimum atomic E-state index is -0.408. The molecule has 0 bridgehead atoms. The SMILES string of the molecule is C/C=C\C(=O)OCCOC(=O)CCCC1CCSS1. The van der Waals surface area contributed by atoms with Crippen molar-refractivity contribution in [3.8, 4) is 0 Å². The number of hydrogen-bond acceptors (Lipinski definition) is 6. The summed E-state index contributed by atoms with van der Waals surface area (Å²) in [6, 6.07) is 0. The van der Waals surface area contributed by atoms with Crippen molar-refractivity contribution < 1.29 is 19.1 Å². The van der Waals surface area contributed by atoms with Gasteiger partial charge >= 0.3 is 11.9 Å². The summed E-state index contributed by atoms with van der Waals surface area (Å²) >= 11 is 0. The molecule has 19 heavy (non-hydrogen) atoms. The van der Waals surface area contributed by atoms with Gasteiger partial charge in [-0.25, -0.2) is 4.79 Å². The van der Waals surface area contributed by atoms with E-state index in [1.807, 2.05) is 21.6 Å². The molecule has 0 saturated carbocycles. The Labute approximate surface area is 122 Å². The first kappa shape index (κ1) is 16.4. The van der Waals surface area contributed by atoms with Gasteiger partial charge in [-0.3, -0.25) is 4.79 Å². The predicted molar refractivity (Wildman–Crippen MR) is 79.0 cm³/mol. The van der Waals surface area contributed by atoms with Crippen LogP contribution in [0.2, 0.25) is 0 Å². The van der Waals surface area contributed by atoms with Gasteiger partial charge in [0.25, 0.3) is 0 Å². The second kappa shape index (κ2) is 10.2. The van der Waals surface area contributed by atoms with E-state index in [2.05, 4.69) is 0 Å². The van der Waals surface area contributed by atoms with Gasteiger partial charge in [0.15, 0.2) is 0 Å². The van der Waals surface area contributed by atoms with E-state index in [-0.39, 0.29) is 19.2 Å². The van der Waals surface area contributed by atoms with E-state index in [0.29, 0.717) is 11.7 Å². The molecule has 0 aliphatic carbocycles. The Balaban J connectivity index is 1.94. The maximum Gasteiger partial charge on any atom is 0.330 e. The van der Waals surface area contributed by atoms with Gasteiger partial charge in [0.05, 0.1) is 0 Å². The highest BCUT2D eigenvalue weighted by Gasteiger charge is 2.16. The molecular formula is C13H20O4S2. The van der Waals surface area contributed by atoms with Gasteiger partial charge in [-0.05, 0) is 26.2 Å². The van der Waals surface area contributed by atoms with E-state index in [1.165, 1.54) is 18.2 Å². The van der Waals surface area contributed by atoms with Crippen LogP contribution in [0.1, 0.15) is 32.6 Å². The van der Waals surface area contributed by atoms with E-state index in [9.17, 15) is 9.59 Å². The van der Waals surface area contributed by atoms with Crippen molar-refractivity contribution >= 4 is 33.5 Å². The highest BCUT2D eigenvalue weighted by Crippen LogP contribution is 2.39. The monoisotopic (exact) mass is 304 g/mol. The van der Waals surface area contributed by atoms with Gasteiger partial charge in [0, 0.05) is 23.5 Å². The molecule has 1 aliphatic rings. The number of allylic oxidation sites excluding steroid dienone is 1. The molecule has 0 N–H and O–H groups in total. The van der Waals surface area contributed by atoms with Crippen LogP contribution < -0.4 is 0 Å². The lowest BCUT2D eigenvalue weighted by Crippen LogP contribution is -2.13. The first-order valence-corrected chi connectivity index (χ1v) is 8.84. The van der Waals surface area contributed by atoms with Crippen LogP contribution >= 0.6 is 21.6 Å². The number of carbonyl (C=O) groups is 2. The van der Waals surface area contributed by atoms with Crippen molar-refractivity contribution in [1.82, 2.24) is 0 Å². The summed E-state index contributed by atoms with van der Waals surface area (Å²) in [5, 5.41) is 0.694. The second-order valence-corrected chi connectivity index (χ2v) is 6.90. The van der Waals surface area contributed by atoms with Crippen molar-refractivity contribution in [2.45, 2.75) is 37.9 Å².